The molecule has 2 aliphatic rings. The van der Waals surface area contributed by atoms with Crippen LogP contribution in [0, 0.1) is 5.92 Å². The summed E-state index contributed by atoms with van der Waals surface area (Å²) in [4.78, 5) is 27.4. The summed E-state index contributed by atoms with van der Waals surface area (Å²) in [7, 11) is 0. The van der Waals surface area contributed by atoms with Crippen LogP contribution in [0.3, 0.4) is 0 Å². The van der Waals surface area contributed by atoms with Gasteiger partial charge in [-0.05, 0) is 13.8 Å². The highest BCUT2D eigenvalue weighted by Gasteiger charge is 2.34. The molecule has 0 bridgehead atoms. The number of likely N-dealkylation sites (tertiary alicyclic amines) is 1. The third-order valence-electron chi connectivity index (χ3n) is 6.35. The maximum Gasteiger partial charge on any atom is 0.309 e. The van der Waals surface area contributed by atoms with E-state index in [0.717, 1.165) is 52.2 Å². The number of piperidine rings is 1. The number of carbonyl (C=O) groups is 2. The molecule has 2 fully saturated rings. The smallest absolute Gasteiger partial charge is 0.309 e. The molecule has 0 aromatic heterocycles. The second-order valence-corrected chi connectivity index (χ2v) is 8.47. The molecule has 2 heterocycles. The lowest BCUT2D eigenvalue weighted by molar-refractivity contribution is -0.940. The zero-order valence-corrected chi connectivity index (χ0v) is 18.3. The molecule has 0 spiro atoms. The third kappa shape index (κ3) is 6.27. The van der Waals surface area contributed by atoms with E-state index in [4.69, 9.17) is 9.47 Å². The van der Waals surface area contributed by atoms with Gasteiger partial charge >= 0.3 is 5.97 Å². The zero-order chi connectivity index (χ0) is 21.3. The van der Waals surface area contributed by atoms with Crippen LogP contribution in [0.15, 0.2) is 30.3 Å². The third-order valence-corrected chi connectivity index (χ3v) is 6.35. The molecule has 2 saturated heterocycles. The van der Waals surface area contributed by atoms with Crippen molar-refractivity contribution in [2.75, 3.05) is 52.5 Å². The number of morpholine rings is 1. The predicted molar refractivity (Wildman–Crippen MR) is 113 cm³/mol. The first kappa shape index (κ1) is 22.7. The maximum absolute atomic E-state index is 12.8. The highest BCUT2D eigenvalue weighted by Crippen LogP contribution is 2.14. The molecule has 30 heavy (non-hydrogen) atoms. The van der Waals surface area contributed by atoms with E-state index in [0.29, 0.717) is 13.2 Å². The summed E-state index contributed by atoms with van der Waals surface area (Å²) in [5, 5.41) is 3.26. The second-order valence-electron chi connectivity index (χ2n) is 8.47. The molecule has 2 aliphatic heterocycles. The molecule has 7 nitrogen and oxygen atoms in total. The first-order valence-corrected chi connectivity index (χ1v) is 11.3. The number of amides is 1. The number of hydrogen-bond donors (Lipinski definition) is 3. The average molecular weight is 420 g/mol. The van der Waals surface area contributed by atoms with Crippen LogP contribution in [0.4, 0.5) is 0 Å². The molecule has 1 aromatic rings. The molecule has 1 aromatic carbocycles. The van der Waals surface area contributed by atoms with Gasteiger partial charge in [-0.3, -0.25) is 9.59 Å². The van der Waals surface area contributed by atoms with Crippen molar-refractivity contribution in [3.63, 3.8) is 0 Å². The first-order valence-electron chi connectivity index (χ1n) is 11.3. The normalized spacial score (nSPS) is 24.6. The van der Waals surface area contributed by atoms with E-state index in [1.54, 1.807) is 0 Å². The van der Waals surface area contributed by atoms with Crippen LogP contribution in [0.5, 0.6) is 0 Å². The van der Waals surface area contributed by atoms with Crippen LogP contribution < -0.4 is 15.1 Å². The van der Waals surface area contributed by atoms with Gasteiger partial charge in [-0.1, -0.05) is 30.3 Å². The molecule has 166 valence electrons. The Bertz CT molecular complexity index is 670. The quantitative estimate of drug-likeness (QED) is 0.473. The molecule has 3 N–H and O–H groups in total. The van der Waals surface area contributed by atoms with Gasteiger partial charge in [0.2, 0.25) is 0 Å². The molecule has 0 unspecified atom stereocenters. The van der Waals surface area contributed by atoms with Crippen molar-refractivity contribution < 1.29 is 28.9 Å². The van der Waals surface area contributed by atoms with E-state index >= 15 is 0 Å². The average Bonchev–Trinajstić information content (AvgIpc) is 2.76. The lowest BCUT2D eigenvalue weighted by Gasteiger charge is -2.35. The van der Waals surface area contributed by atoms with Crippen LogP contribution in [0.2, 0.25) is 0 Å². The molecule has 0 aliphatic carbocycles. The predicted octanol–water partition coefficient (Wildman–Crippen LogP) is -0.994. The Morgan fingerprint density at radius 3 is 2.43 bits per heavy atom. The summed E-state index contributed by atoms with van der Waals surface area (Å²) in [6.45, 7) is 9.94. The van der Waals surface area contributed by atoms with Crippen molar-refractivity contribution in [3.05, 3.63) is 35.9 Å². The minimum Gasteiger partial charge on any atom is -0.466 e. The fourth-order valence-electron chi connectivity index (χ4n) is 4.80. The summed E-state index contributed by atoms with van der Waals surface area (Å²) in [5.41, 5.74) is 1.25. The fraction of sp³-hybridized carbons (Fsp3) is 0.652. The largest absolute Gasteiger partial charge is 0.466 e. The van der Waals surface area contributed by atoms with Crippen LogP contribution in [0.25, 0.3) is 0 Å². The Morgan fingerprint density at radius 1 is 1.13 bits per heavy atom. The summed E-state index contributed by atoms with van der Waals surface area (Å²) < 4.78 is 10.7. The lowest BCUT2D eigenvalue weighted by Crippen LogP contribution is -3.16. The highest BCUT2D eigenvalue weighted by molar-refractivity contribution is 5.77. The van der Waals surface area contributed by atoms with Crippen molar-refractivity contribution in [2.45, 2.75) is 38.8 Å². The standard InChI is InChI=1S/C23H35N3O4/c1-3-30-23(28)20-9-11-25(12-10-20)17-21(27)24-18(2)22(19-7-5-4-6-8-19)26-13-15-29-16-14-26/h4-8,18,20,22H,3,9-17H2,1-2H3,(H,24,27)/p+2/t18-,22-/m1/s1. The summed E-state index contributed by atoms with van der Waals surface area (Å²) in [5.74, 6) is -0.0162. The van der Waals surface area contributed by atoms with Gasteiger partial charge in [0.1, 0.15) is 19.1 Å². The number of ether oxygens (including phenoxy) is 2. The number of hydrogen-bond acceptors (Lipinski definition) is 4. The van der Waals surface area contributed by atoms with Crippen molar-refractivity contribution in [1.29, 1.82) is 0 Å². The van der Waals surface area contributed by atoms with E-state index in [-0.39, 0.29) is 29.9 Å². The Labute approximate surface area is 179 Å². The summed E-state index contributed by atoms with van der Waals surface area (Å²) in [6.07, 6.45) is 1.59. The van der Waals surface area contributed by atoms with Crippen molar-refractivity contribution in [2.24, 2.45) is 5.92 Å². The van der Waals surface area contributed by atoms with Crippen LogP contribution in [-0.2, 0) is 19.1 Å². The second kappa shape index (κ2) is 11.4. The Morgan fingerprint density at radius 2 is 1.80 bits per heavy atom. The SMILES string of the molecule is CCOC(=O)C1CC[NH+](CC(=O)N[C@H](C)[C@H](c2ccccc2)[NH+]2CCOCC2)CC1. The van der Waals surface area contributed by atoms with Crippen molar-refractivity contribution in [1.82, 2.24) is 5.32 Å². The topological polar surface area (TPSA) is 73.5 Å². The lowest BCUT2D eigenvalue weighted by atomic mass is 9.96. The van der Waals surface area contributed by atoms with Gasteiger partial charge in [0.05, 0.1) is 44.9 Å². The zero-order valence-electron chi connectivity index (χ0n) is 18.3. The molecular weight excluding hydrogens is 382 g/mol. The fourth-order valence-corrected chi connectivity index (χ4v) is 4.80. The minimum absolute atomic E-state index is 0.0110. The molecule has 1 amide bonds. The monoisotopic (exact) mass is 419 g/mol. The van der Waals surface area contributed by atoms with Crippen LogP contribution in [-0.4, -0.2) is 70.5 Å². The van der Waals surface area contributed by atoms with E-state index in [2.05, 4.69) is 36.5 Å². The van der Waals surface area contributed by atoms with Gasteiger partial charge in [0.15, 0.2) is 6.54 Å². The molecule has 3 rings (SSSR count). The molecule has 7 heteroatoms. The molecule has 0 saturated carbocycles. The number of carbonyl (C=O) groups excluding carboxylic acids is 2. The van der Waals surface area contributed by atoms with Gasteiger partial charge in [0, 0.05) is 18.4 Å². The number of quaternary nitrogens is 2. The molecule has 2 atom stereocenters. The van der Waals surface area contributed by atoms with Gasteiger partial charge in [-0.25, -0.2) is 0 Å². The van der Waals surface area contributed by atoms with Crippen LogP contribution in [0.1, 0.15) is 38.3 Å². The molecular formula is C23H37N3O4+2. The Hall–Kier alpha value is -1.96. The van der Waals surface area contributed by atoms with E-state index in [1.165, 1.54) is 15.4 Å². The highest BCUT2D eigenvalue weighted by atomic mass is 16.5. The molecule has 0 radical (unpaired) electrons. The van der Waals surface area contributed by atoms with Crippen molar-refractivity contribution in [3.8, 4) is 0 Å². The van der Waals surface area contributed by atoms with E-state index in [9.17, 15) is 9.59 Å². The van der Waals surface area contributed by atoms with Crippen molar-refractivity contribution >= 4 is 11.9 Å². The number of nitrogens with one attached hydrogen (secondary N) is 3. The number of esters is 1. The Kier molecular flexibility index (Phi) is 8.66. The summed E-state index contributed by atoms with van der Waals surface area (Å²) >= 11 is 0. The van der Waals surface area contributed by atoms with E-state index in [1.807, 2.05) is 13.0 Å². The summed E-state index contributed by atoms with van der Waals surface area (Å²) in [6, 6.07) is 10.7. The maximum atomic E-state index is 12.8. The van der Waals surface area contributed by atoms with Crippen LogP contribution >= 0.6 is 0 Å². The number of benzene rings is 1. The van der Waals surface area contributed by atoms with E-state index < -0.39 is 0 Å². The Balaban J connectivity index is 1.53. The van der Waals surface area contributed by atoms with Gasteiger partial charge in [-0.2, -0.15) is 0 Å². The minimum atomic E-state index is -0.0891. The van der Waals surface area contributed by atoms with Gasteiger partial charge < -0.3 is 24.6 Å². The first-order chi connectivity index (χ1) is 14.6. The number of rotatable bonds is 8. The van der Waals surface area contributed by atoms with Gasteiger partial charge in [0.25, 0.3) is 5.91 Å². The van der Waals surface area contributed by atoms with Gasteiger partial charge in [-0.15, -0.1) is 0 Å².